The van der Waals surface area contributed by atoms with Gasteiger partial charge in [0, 0.05) is 35.7 Å². The van der Waals surface area contributed by atoms with Crippen molar-refractivity contribution in [1.82, 2.24) is 28.7 Å². The maximum atomic E-state index is 6.59. The van der Waals surface area contributed by atoms with Gasteiger partial charge in [0.2, 0.25) is 0 Å². The Kier molecular flexibility index (Phi) is 10.1. The highest BCUT2D eigenvalue weighted by atomic mass is 35.5. The fourth-order valence-electron chi connectivity index (χ4n) is 8.47. The summed E-state index contributed by atoms with van der Waals surface area (Å²) in [5, 5.41) is 0.674. The zero-order chi connectivity index (χ0) is 39.4. The van der Waals surface area contributed by atoms with Crippen LogP contribution in [0, 0.1) is 39.5 Å². The summed E-state index contributed by atoms with van der Waals surface area (Å²) in [6.07, 6.45) is 11.3. The van der Waals surface area contributed by atoms with E-state index >= 15 is 0 Å². The molecule has 3 aliphatic rings. The normalized spacial score (nSPS) is 16.0. The number of imidazole rings is 2. The molecule has 10 rings (SSSR count). The zero-order valence-corrected chi connectivity index (χ0v) is 34.6. The van der Waals surface area contributed by atoms with Crippen molar-refractivity contribution in [2.45, 2.75) is 91.4 Å². The molecule has 0 aliphatic heterocycles. The second-order valence-electron chi connectivity index (χ2n) is 16.1. The molecule has 296 valence electrons. The summed E-state index contributed by atoms with van der Waals surface area (Å²) in [6.45, 7) is 9.66. The van der Waals surface area contributed by atoms with E-state index in [4.69, 9.17) is 50.5 Å². The lowest BCUT2D eigenvalue weighted by Crippen LogP contribution is -2.10. The Morgan fingerprint density at radius 1 is 0.614 bits per heavy atom. The molecule has 4 heterocycles. The maximum absolute atomic E-state index is 6.59. The van der Waals surface area contributed by atoms with Crippen molar-refractivity contribution in [3.8, 4) is 34.4 Å². The van der Waals surface area contributed by atoms with E-state index in [1.165, 1.54) is 57.8 Å². The van der Waals surface area contributed by atoms with E-state index in [1.54, 1.807) is 14.2 Å². The molecule has 3 aliphatic carbocycles. The van der Waals surface area contributed by atoms with Crippen molar-refractivity contribution in [3.63, 3.8) is 0 Å². The SMILES string of the molecule is COc1cc(OC)c2nc(C)c3c(C)nc(C4CCCCC4)n3c2c1.Cc1nc(-c2ccccc2Cl)n2c1c(C)nc1c(OCC3CC3)cc(OCC3CC3)cc12. The third-order valence-corrected chi connectivity index (χ3v) is 12.1. The van der Waals surface area contributed by atoms with Crippen molar-refractivity contribution >= 4 is 44.7 Å². The lowest BCUT2D eigenvalue weighted by atomic mass is 9.88. The van der Waals surface area contributed by atoms with Gasteiger partial charge in [0.25, 0.3) is 0 Å². The number of rotatable bonds is 10. The monoisotopic (exact) mass is 786 g/mol. The Labute approximate surface area is 338 Å². The van der Waals surface area contributed by atoms with Crippen LogP contribution in [-0.4, -0.2) is 56.2 Å². The number of ether oxygens (including phenoxy) is 4. The standard InChI is InChI=1S/C26H26ClN3O2.C20H25N3O2/c1-15-25-16(2)29-26(20-5-3-4-6-21(20)27)30(25)22-11-19(31-13-17-7-8-17)12-23(24(22)28-15)32-14-18-9-10-18;1-12-19-13(2)22-20(14-8-6-5-7-9-14)23(19)16-10-15(24-3)11-17(25-4)18(16)21-12/h3-6,11-12,17-18H,7-10,13-14H2,1-2H3;10-11,14H,5-9H2,1-4H3. The molecule has 0 spiro atoms. The molecular weight excluding hydrogens is 736 g/mol. The van der Waals surface area contributed by atoms with Crippen LogP contribution in [0.15, 0.2) is 48.5 Å². The third kappa shape index (κ3) is 7.22. The summed E-state index contributed by atoms with van der Waals surface area (Å²) >= 11 is 6.59. The minimum atomic E-state index is 0.511. The summed E-state index contributed by atoms with van der Waals surface area (Å²) in [6, 6.07) is 15.9. The van der Waals surface area contributed by atoms with Crippen molar-refractivity contribution < 1.29 is 18.9 Å². The van der Waals surface area contributed by atoms with Gasteiger partial charge in [0.1, 0.15) is 39.9 Å². The van der Waals surface area contributed by atoms with E-state index in [0.717, 1.165) is 109 Å². The molecule has 4 aromatic heterocycles. The lowest BCUT2D eigenvalue weighted by molar-refractivity contribution is 0.287. The number of aromatic nitrogens is 6. The van der Waals surface area contributed by atoms with E-state index in [0.29, 0.717) is 22.8 Å². The number of aryl methyl sites for hydroxylation is 4. The quantitative estimate of drug-likeness (QED) is 0.135. The molecule has 0 bridgehead atoms. The summed E-state index contributed by atoms with van der Waals surface area (Å²) in [5.74, 6) is 6.92. The molecule has 3 aromatic carbocycles. The van der Waals surface area contributed by atoms with E-state index in [9.17, 15) is 0 Å². The average Bonchev–Trinajstić information content (AvgIpc) is 4.16. The Morgan fingerprint density at radius 2 is 1.19 bits per heavy atom. The van der Waals surface area contributed by atoms with Crippen molar-refractivity contribution in [2.75, 3.05) is 27.4 Å². The molecule has 11 heteroatoms. The van der Waals surface area contributed by atoms with Gasteiger partial charge < -0.3 is 18.9 Å². The molecule has 3 fully saturated rings. The highest BCUT2D eigenvalue weighted by Crippen LogP contribution is 2.40. The minimum Gasteiger partial charge on any atom is -0.497 e. The number of hydrogen-bond donors (Lipinski definition) is 0. The zero-order valence-electron chi connectivity index (χ0n) is 33.8. The second kappa shape index (κ2) is 15.3. The summed E-state index contributed by atoms with van der Waals surface area (Å²) in [5.41, 5.74) is 10.5. The number of hydrogen-bond acceptors (Lipinski definition) is 8. The molecule has 57 heavy (non-hydrogen) atoms. The molecule has 0 unspecified atom stereocenters. The van der Waals surface area contributed by atoms with Crippen LogP contribution in [-0.2, 0) is 0 Å². The van der Waals surface area contributed by atoms with Crippen LogP contribution in [0.2, 0.25) is 5.02 Å². The van der Waals surface area contributed by atoms with Gasteiger partial charge in [-0.2, -0.15) is 0 Å². The van der Waals surface area contributed by atoms with Crippen LogP contribution >= 0.6 is 11.6 Å². The molecule has 0 atom stereocenters. The van der Waals surface area contributed by atoms with Crippen LogP contribution in [0.5, 0.6) is 23.0 Å². The molecule has 0 saturated heterocycles. The van der Waals surface area contributed by atoms with E-state index < -0.39 is 0 Å². The minimum absolute atomic E-state index is 0.511. The number of nitrogens with zero attached hydrogens (tertiary/aromatic N) is 6. The maximum Gasteiger partial charge on any atom is 0.150 e. The first-order valence-electron chi connectivity index (χ1n) is 20.5. The van der Waals surface area contributed by atoms with Gasteiger partial charge in [0.15, 0.2) is 5.75 Å². The second-order valence-corrected chi connectivity index (χ2v) is 16.6. The van der Waals surface area contributed by atoms with Gasteiger partial charge in [-0.1, -0.05) is 43.0 Å². The number of benzene rings is 3. The van der Waals surface area contributed by atoms with Crippen LogP contribution in [0.3, 0.4) is 0 Å². The van der Waals surface area contributed by atoms with Crippen molar-refractivity contribution in [1.29, 1.82) is 0 Å². The molecular formula is C46H51ClN6O4. The molecule has 10 nitrogen and oxygen atoms in total. The van der Waals surface area contributed by atoms with Crippen LogP contribution in [0.25, 0.3) is 44.5 Å². The van der Waals surface area contributed by atoms with Gasteiger partial charge in [0.05, 0.1) is 77.3 Å². The predicted octanol–water partition coefficient (Wildman–Crippen LogP) is 11.0. The molecule has 0 amide bonds. The molecule has 0 N–H and O–H groups in total. The topological polar surface area (TPSA) is 97.3 Å². The summed E-state index contributed by atoms with van der Waals surface area (Å²) in [4.78, 5) is 19.7. The van der Waals surface area contributed by atoms with E-state index in [1.807, 2.05) is 56.3 Å². The van der Waals surface area contributed by atoms with Crippen LogP contribution in [0.4, 0.5) is 0 Å². The van der Waals surface area contributed by atoms with Crippen molar-refractivity contribution in [2.24, 2.45) is 11.8 Å². The fourth-order valence-corrected chi connectivity index (χ4v) is 8.69. The molecule has 3 saturated carbocycles. The highest BCUT2D eigenvalue weighted by molar-refractivity contribution is 6.33. The Bertz CT molecular complexity index is 2640. The first kappa shape index (κ1) is 37.5. The van der Waals surface area contributed by atoms with E-state index in [2.05, 4.69) is 28.7 Å². The molecule has 0 radical (unpaired) electrons. The summed E-state index contributed by atoms with van der Waals surface area (Å²) < 4.78 is 28.0. The van der Waals surface area contributed by atoms with Crippen LogP contribution < -0.4 is 18.9 Å². The Morgan fingerprint density at radius 3 is 1.86 bits per heavy atom. The number of methoxy groups -OCH3 is 2. The number of halogens is 1. The number of fused-ring (bicyclic) bond motifs is 6. The van der Waals surface area contributed by atoms with E-state index in [-0.39, 0.29) is 0 Å². The van der Waals surface area contributed by atoms with Gasteiger partial charge in [-0.3, -0.25) is 8.80 Å². The Balaban J connectivity index is 0.000000153. The lowest BCUT2D eigenvalue weighted by Gasteiger charge is -2.21. The predicted molar refractivity (Wildman–Crippen MR) is 226 cm³/mol. The van der Waals surface area contributed by atoms with Gasteiger partial charge in [-0.05, 0) is 90.2 Å². The first-order valence-corrected chi connectivity index (χ1v) is 20.8. The largest absolute Gasteiger partial charge is 0.497 e. The molecule has 7 aromatic rings. The third-order valence-electron chi connectivity index (χ3n) is 11.8. The van der Waals surface area contributed by atoms with Gasteiger partial charge >= 0.3 is 0 Å². The smallest absolute Gasteiger partial charge is 0.150 e. The van der Waals surface area contributed by atoms with Gasteiger partial charge in [-0.25, -0.2) is 19.9 Å². The Hall–Kier alpha value is -5.09. The first-order chi connectivity index (χ1) is 27.7. The van der Waals surface area contributed by atoms with Crippen molar-refractivity contribution in [3.05, 3.63) is 82.2 Å². The highest BCUT2D eigenvalue weighted by Gasteiger charge is 2.27. The van der Waals surface area contributed by atoms with Gasteiger partial charge in [-0.15, -0.1) is 0 Å². The summed E-state index contributed by atoms with van der Waals surface area (Å²) in [7, 11) is 3.36. The van der Waals surface area contributed by atoms with Crippen LogP contribution in [0.1, 0.15) is 92.3 Å². The average molecular weight is 787 g/mol. The fraction of sp³-hybridized carbons (Fsp3) is 0.435.